The van der Waals surface area contributed by atoms with Crippen LogP contribution in [0, 0.1) is 0 Å². The van der Waals surface area contributed by atoms with Gasteiger partial charge in [0.15, 0.2) is 5.16 Å². The Labute approximate surface area is 135 Å². The number of fused-ring (bicyclic) bond motifs is 1. The van der Waals surface area contributed by atoms with Gasteiger partial charge in [-0.25, -0.2) is 9.78 Å². The fraction of sp³-hybridized carbons (Fsp3) is 0.250. The molecule has 0 radical (unpaired) electrons. The minimum absolute atomic E-state index is 0.104. The molecule has 114 valence electrons. The molecule has 10 heteroatoms. The number of aromatic nitrogens is 3. The average Bonchev–Trinajstić information content (AvgIpc) is 2.99. The van der Waals surface area contributed by atoms with Crippen molar-refractivity contribution in [2.45, 2.75) is 21.6 Å². The average molecular weight is 337 g/mol. The summed E-state index contributed by atoms with van der Waals surface area (Å²) < 4.78 is 5.51. The summed E-state index contributed by atoms with van der Waals surface area (Å²) in [6.45, 7) is 0. The van der Waals surface area contributed by atoms with Crippen molar-refractivity contribution in [2.24, 2.45) is 0 Å². The zero-order valence-electron chi connectivity index (χ0n) is 11.5. The second kappa shape index (κ2) is 6.23. The number of hydrogen-bond acceptors (Lipinski definition) is 7. The molecule has 0 saturated heterocycles. The summed E-state index contributed by atoms with van der Waals surface area (Å²) in [7, 11) is -1.11. The van der Waals surface area contributed by atoms with E-state index in [1.165, 1.54) is 29.9 Å². The quantitative estimate of drug-likeness (QED) is 0.567. The van der Waals surface area contributed by atoms with Crippen LogP contribution in [0.4, 0.5) is 0 Å². The molecule has 2 aromatic rings. The highest BCUT2D eigenvalue weighted by molar-refractivity contribution is 8.01. The van der Waals surface area contributed by atoms with Crippen molar-refractivity contribution in [2.75, 3.05) is 6.26 Å². The first-order chi connectivity index (χ1) is 10.6. The summed E-state index contributed by atoms with van der Waals surface area (Å²) in [5.74, 6) is -0.809. The van der Waals surface area contributed by atoms with Crippen molar-refractivity contribution in [3.8, 4) is 5.75 Å². The van der Waals surface area contributed by atoms with Gasteiger partial charge in [-0.2, -0.15) is 5.10 Å². The van der Waals surface area contributed by atoms with E-state index in [-0.39, 0.29) is 16.5 Å². The van der Waals surface area contributed by atoms with Gasteiger partial charge in [0.2, 0.25) is 0 Å². The molecule has 0 unspecified atom stereocenters. The standard InChI is InChI=1S/C12H12BN3O4S2/c1-21-7-3-2-6-4-8(22-12-14-5-15-16-12)13(19)20-10(6)9(7)11(17)18/h2-3,5,8,19H,4H2,1H3,(H,17,18)(H,14,15,16)/t8-/m0/s1. The van der Waals surface area contributed by atoms with Crippen LogP contribution in [0.15, 0.2) is 28.5 Å². The van der Waals surface area contributed by atoms with Crippen LogP contribution in [0.25, 0.3) is 0 Å². The first-order valence-electron chi connectivity index (χ1n) is 6.40. The van der Waals surface area contributed by atoms with Crippen molar-refractivity contribution in [3.63, 3.8) is 0 Å². The molecular weight excluding hydrogens is 325 g/mol. The SMILES string of the molecule is CSc1ccc2c(c1C(=O)O)OB(O)[C@@H](Sc1ncn[nH]1)C2. The number of rotatable bonds is 4. The van der Waals surface area contributed by atoms with E-state index >= 15 is 0 Å². The zero-order valence-corrected chi connectivity index (χ0v) is 13.1. The van der Waals surface area contributed by atoms with Crippen molar-refractivity contribution in [3.05, 3.63) is 29.6 Å². The number of thioether (sulfide) groups is 2. The van der Waals surface area contributed by atoms with Gasteiger partial charge in [-0.3, -0.25) is 5.10 Å². The third kappa shape index (κ3) is 2.81. The summed E-state index contributed by atoms with van der Waals surface area (Å²) in [4.78, 5) is 16.1. The van der Waals surface area contributed by atoms with Crippen molar-refractivity contribution >= 4 is 36.6 Å². The van der Waals surface area contributed by atoms with Crippen molar-refractivity contribution in [1.82, 2.24) is 15.2 Å². The molecule has 0 saturated carbocycles. The van der Waals surface area contributed by atoms with Gasteiger partial charge in [-0.1, -0.05) is 17.8 Å². The van der Waals surface area contributed by atoms with E-state index in [9.17, 15) is 14.9 Å². The second-order valence-electron chi connectivity index (χ2n) is 4.60. The third-order valence-corrected chi connectivity index (χ3v) is 5.17. The van der Waals surface area contributed by atoms with Crippen molar-refractivity contribution < 1.29 is 19.6 Å². The number of H-pyrrole nitrogens is 1. The molecule has 1 aliphatic rings. The van der Waals surface area contributed by atoms with E-state index in [0.717, 1.165) is 5.56 Å². The lowest BCUT2D eigenvalue weighted by molar-refractivity contribution is 0.0690. The molecule has 3 N–H and O–H groups in total. The minimum Gasteiger partial charge on any atom is -0.535 e. The molecule has 7 nitrogen and oxygen atoms in total. The number of nitrogens with zero attached hydrogens (tertiary/aromatic N) is 2. The maximum atomic E-state index is 11.5. The Hall–Kier alpha value is -1.65. The molecule has 0 spiro atoms. The maximum absolute atomic E-state index is 11.5. The van der Waals surface area contributed by atoms with Crippen LogP contribution >= 0.6 is 23.5 Å². The normalized spacial score (nSPS) is 17.0. The van der Waals surface area contributed by atoms with Gasteiger partial charge < -0.3 is 14.8 Å². The van der Waals surface area contributed by atoms with Crippen LogP contribution in [0.1, 0.15) is 15.9 Å². The Morgan fingerprint density at radius 3 is 3.00 bits per heavy atom. The summed E-state index contributed by atoms with van der Waals surface area (Å²) in [6, 6.07) is 3.61. The number of hydrogen-bond donors (Lipinski definition) is 3. The lowest BCUT2D eigenvalue weighted by atomic mass is 9.77. The van der Waals surface area contributed by atoms with Crippen LogP contribution in [0.5, 0.6) is 5.75 Å². The fourth-order valence-corrected chi connectivity index (χ4v) is 3.81. The van der Waals surface area contributed by atoms with E-state index in [1.54, 1.807) is 12.3 Å². The number of carbonyl (C=O) groups is 1. The molecule has 0 fully saturated rings. The number of aromatic amines is 1. The highest BCUT2D eigenvalue weighted by atomic mass is 32.2. The molecule has 0 aliphatic carbocycles. The van der Waals surface area contributed by atoms with Crippen LogP contribution in [0.2, 0.25) is 0 Å². The van der Waals surface area contributed by atoms with E-state index in [4.69, 9.17) is 4.65 Å². The number of carboxylic acid groups (broad SMARTS) is 1. The molecular formula is C12H12BN3O4S2. The molecule has 0 bridgehead atoms. The number of nitrogens with one attached hydrogen (secondary N) is 1. The van der Waals surface area contributed by atoms with Crippen molar-refractivity contribution in [1.29, 1.82) is 0 Å². The number of benzene rings is 1. The summed E-state index contributed by atoms with van der Waals surface area (Å²) in [5.41, 5.74) is 0.865. The molecule has 2 heterocycles. The van der Waals surface area contributed by atoms with E-state index in [1.807, 2.05) is 6.07 Å². The Kier molecular flexibility index (Phi) is 4.32. The topological polar surface area (TPSA) is 108 Å². The Bertz CT molecular complexity index is 698. The van der Waals surface area contributed by atoms with Crippen LogP contribution in [0.3, 0.4) is 0 Å². The maximum Gasteiger partial charge on any atom is 0.537 e. The highest BCUT2D eigenvalue weighted by Gasteiger charge is 2.38. The van der Waals surface area contributed by atoms with E-state index in [2.05, 4.69) is 15.2 Å². The van der Waals surface area contributed by atoms with E-state index in [0.29, 0.717) is 16.5 Å². The molecule has 1 aliphatic heterocycles. The van der Waals surface area contributed by atoms with Gasteiger partial charge in [0.25, 0.3) is 0 Å². The van der Waals surface area contributed by atoms with Crippen LogP contribution in [-0.4, -0.2) is 49.8 Å². The Balaban J connectivity index is 1.93. The Morgan fingerprint density at radius 2 is 2.36 bits per heavy atom. The Morgan fingerprint density at radius 1 is 1.55 bits per heavy atom. The second-order valence-corrected chi connectivity index (χ2v) is 6.67. The summed E-state index contributed by atoms with van der Waals surface area (Å²) >= 11 is 2.64. The smallest absolute Gasteiger partial charge is 0.535 e. The minimum atomic E-state index is -1.11. The van der Waals surface area contributed by atoms with E-state index < -0.39 is 13.1 Å². The lowest BCUT2D eigenvalue weighted by Crippen LogP contribution is -2.41. The van der Waals surface area contributed by atoms with Gasteiger partial charge in [0, 0.05) is 4.90 Å². The first kappa shape index (κ1) is 15.3. The zero-order chi connectivity index (χ0) is 15.7. The van der Waals surface area contributed by atoms with Gasteiger partial charge in [0.1, 0.15) is 17.6 Å². The predicted octanol–water partition coefficient (Wildman–Crippen LogP) is 1.34. The molecule has 1 atom stereocenters. The van der Waals surface area contributed by atoms with Crippen LogP contribution < -0.4 is 4.65 Å². The largest absolute Gasteiger partial charge is 0.537 e. The summed E-state index contributed by atoms with van der Waals surface area (Å²) in [5, 5.41) is 26.3. The fourth-order valence-electron chi connectivity index (χ4n) is 2.28. The lowest BCUT2D eigenvalue weighted by Gasteiger charge is -2.28. The number of aromatic carboxylic acids is 1. The first-order valence-corrected chi connectivity index (χ1v) is 8.50. The molecule has 1 aromatic heterocycles. The van der Waals surface area contributed by atoms with Gasteiger partial charge in [-0.05, 0) is 24.3 Å². The monoisotopic (exact) mass is 337 g/mol. The highest BCUT2D eigenvalue weighted by Crippen LogP contribution is 2.39. The van der Waals surface area contributed by atoms with Crippen LogP contribution in [-0.2, 0) is 6.42 Å². The molecule has 1 aromatic carbocycles. The summed E-state index contributed by atoms with van der Waals surface area (Å²) in [6.07, 6.45) is 3.67. The molecule has 0 amide bonds. The van der Waals surface area contributed by atoms with Gasteiger partial charge in [-0.15, -0.1) is 11.8 Å². The number of carboxylic acids is 1. The van der Waals surface area contributed by atoms with Gasteiger partial charge >= 0.3 is 13.1 Å². The van der Waals surface area contributed by atoms with Gasteiger partial charge in [0.05, 0.1) is 5.15 Å². The third-order valence-electron chi connectivity index (χ3n) is 3.27. The predicted molar refractivity (Wildman–Crippen MR) is 83.5 cm³/mol. The molecule has 22 heavy (non-hydrogen) atoms. The molecule has 3 rings (SSSR count).